The van der Waals surface area contributed by atoms with Gasteiger partial charge in [0.15, 0.2) is 5.69 Å². The Labute approximate surface area is 211 Å². The van der Waals surface area contributed by atoms with E-state index in [2.05, 4.69) is 15.7 Å². The summed E-state index contributed by atoms with van der Waals surface area (Å²) in [4.78, 5) is 26.8. The third-order valence-electron chi connectivity index (χ3n) is 6.77. The second kappa shape index (κ2) is 10.8. The Morgan fingerprint density at radius 1 is 1.08 bits per heavy atom. The molecular formula is C28H35FN4O3. The highest BCUT2D eigenvalue weighted by Gasteiger charge is 2.35. The first-order chi connectivity index (χ1) is 17.1. The van der Waals surface area contributed by atoms with Crippen LogP contribution in [0.15, 0.2) is 48.5 Å². The van der Waals surface area contributed by atoms with Gasteiger partial charge < -0.3 is 15.4 Å². The number of hydrogen-bond donors (Lipinski definition) is 2. The van der Waals surface area contributed by atoms with Crippen LogP contribution < -0.4 is 10.6 Å². The number of carbonyl (C=O) groups is 2. The van der Waals surface area contributed by atoms with E-state index in [1.54, 1.807) is 16.8 Å². The summed E-state index contributed by atoms with van der Waals surface area (Å²) in [5.41, 5.74) is 0.832. The largest absolute Gasteiger partial charge is 0.381 e. The lowest BCUT2D eigenvalue weighted by Gasteiger charge is -2.31. The van der Waals surface area contributed by atoms with Crippen LogP contribution in [0.5, 0.6) is 0 Å². The van der Waals surface area contributed by atoms with E-state index in [1.807, 2.05) is 58.0 Å². The Morgan fingerprint density at radius 2 is 1.78 bits per heavy atom. The van der Waals surface area contributed by atoms with E-state index < -0.39 is 23.2 Å². The molecule has 3 aromatic rings. The zero-order chi connectivity index (χ0) is 25.9. The van der Waals surface area contributed by atoms with Crippen LogP contribution in [0, 0.1) is 17.2 Å². The van der Waals surface area contributed by atoms with Gasteiger partial charge in [-0.2, -0.15) is 5.10 Å². The molecule has 1 fully saturated rings. The number of fused-ring (bicyclic) bond motifs is 1. The molecule has 0 saturated carbocycles. The zero-order valence-electron chi connectivity index (χ0n) is 21.4. The van der Waals surface area contributed by atoms with Crippen molar-refractivity contribution in [3.8, 4) is 0 Å². The molecule has 2 atom stereocenters. The average Bonchev–Trinajstić information content (AvgIpc) is 3.22. The summed E-state index contributed by atoms with van der Waals surface area (Å²) in [5, 5.41) is 10.9. The average molecular weight is 495 g/mol. The molecule has 2 N–H and O–H groups in total. The molecule has 0 radical (unpaired) electrons. The monoisotopic (exact) mass is 494 g/mol. The third kappa shape index (κ3) is 5.75. The summed E-state index contributed by atoms with van der Waals surface area (Å²) in [6.07, 6.45) is 1.73. The number of aromatic nitrogens is 2. The lowest BCUT2D eigenvalue weighted by Crippen LogP contribution is -2.54. The molecule has 1 aromatic heterocycles. The Bertz CT molecular complexity index is 1210. The minimum absolute atomic E-state index is 0.120. The fraction of sp³-hybridized carbons (Fsp3) is 0.464. The number of carbonyl (C=O) groups excluding carboxylic acids is 2. The highest BCUT2D eigenvalue weighted by atomic mass is 19.1. The second-order valence-corrected chi connectivity index (χ2v) is 10.6. The van der Waals surface area contributed by atoms with E-state index in [-0.39, 0.29) is 17.6 Å². The Kier molecular flexibility index (Phi) is 7.73. The number of ether oxygens (including phenoxy) is 1. The molecule has 2 aromatic carbocycles. The Balaban J connectivity index is 1.58. The van der Waals surface area contributed by atoms with E-state index >= 15 is 0 Å². The second-order valence-electron chi connectivity index (χ2n) is 10.6. The quantitative estimate of drug-likeness (QED) is 0.502. The fourth-order valence-electron chi connectivity index (χ4n) is 4.66. The van der Waals surface area contributed by atoms with Crippen LogP contribution in [0.25, 0.3) is 10.9 Å². The third-order valence-corrected chi connectivity index (χ3v) is 6.77. The lowest BCUT2D eigenvalue weighted by molar-refractivity contribution is -0.126. The number of nitrogens with one attached hydrogen (secondary N) is 2. The highest BCUT2D eigenvalue weighted by molar-refractivity contribution is 6.06. The van der Waals surface area contributed by atoms with Gasteiger partial charge in [-0.1, -0.05) is 63.2 Å². The van der Waals surface area contributed by atoms with Gasteiger partial charge in [0, 0.05) is 25.1 Å². The van der Waals surface area contributed by atoms with Gasteiger partial charge in [0.25, 0.3) is 5.91 Å². The molecule has 0 unspecified atom stereocenters. The number of nitrogens with zero attached hydrogens (tertiary/aromatic N) is 2. The molecule has 1 aliphatic rings. The van der Waals surface area contributed by atoms with Crippen LogP contribution in [0.1, 0.15) is 62.6 Å². The molecular weight excluding hydrogens is 459 g/mol. The lowest BCUT2D eigenvalue weighted by atomic mass is 9.85. The molecule has 1 saturated heterocycles. The van der Waals surface area contributed by atoms with Crippen LogP contribution >= 0.6 is 0 Å². The van der Waals surface area contributed by atoms with E-state index in [0.29, 0.717) is 36.6 Å². The van der Waals surface area contributed by atoms with Crippen molar-refractivity contribution in [3.05, 3.63) is 65.6 Å². The fourth-order valence-corrected chi connectivity index (χ4v) is 4.66. The summed E-state index contributed by atoms with van der Waals surface area (Å²) < 4.78 is 21.9. The summed E-state index contributed by atoms with van der Waals surface area (Å²) in [5.74, 6) is -0.916. The maximum Gasteiger partial charge on any atom is 0.273 e. The van der Waals surface area contributed by atoms with Crippen LogP contribution in [0.3, 0.4) is 0 Å². The molecule has 36 heavy (non-hydrogen) atoms. The van der Waals surface area contributed by atoms with Crippen molar-refractivity contribution >= 4 is 22.7 Å². The Morgan fingerprint density at radius 3 is 2.44 bits per heavy atom. The van der Waals surface area contributed by atoms with E-state index in [1.165, 1.54) is 6.07 Å². The van der Waals surface area contributed by atoms with Gasteiger partial charge in [-0.15, -0.1) is 0 Å². The first kappa shape index (κ1) is 25.8. The molecule has 2 amide bonds. The molecule has 4 rings (SSSR count). The predicted molar refractivity (Wildman–Crippen MR) is 137 cm³/mol. The summed E-state index contributed by atoms with van der Waals surface area (Å²) in [7, 11) is 0. The maximum absolute atomic E-state index is 14.9. The van der Waals surface area contributed by atoms with E-state index in [0.717, 1.165) is 18.4 Å². The van der Waals surface area contributed by atoms with Gasteiger partial charge in [0.1, 0.15) is 17.4 Å². The van der Waals surface area contributed by atoms with E-state index in [4.69, 9.17) is 4.74 Å². The molecule has 192 valence electrons. The van der Waals surface area contributed by atoms with Gasteiger partial charge in [-0.25, -0.2) is 4.39 Å². The van der Waals surface area contributed by atoms with Crippen molar-refractivity contribution in [2.24, 2.45) is 11.3 Å². The van der Waals surface area contributed by atoms with Gasteiger partial charge in [0.05, 0.1) is 6.04 Å². The highest BCUT2D eigenvalue weighted by Crippen LogP contribution is 2.26. The van der Waals surface area contributed by atoms with E-state index in [9.17, 15) is 14.0 Å². The SMILES string of the molecule is C[C@H](NC(=O)[C@@H](NC(=O)c1nn(CC2CCOCC2)c2c(F)cccc12)C(C)(C)C)c1ccccc1. The number of rotatable bonds is 7. The zero-order valence-corrected chi connectivity index (χ0v) is 21.4. The normalized spacial score (nSPS) is 16.5. The smallest absolute Gasteiger partial charge is 0.273 e. The van der Waals surface area contributed by atoms with Crippen LogP contribution in [0.4, 0.5) is 4.39 Å². The predicted octanol–water partition coefficient (Wildman–Crippen LogP) is 4.62. The first-order valence-electron chi connectivity index (χ1n) is 12.5. The summed E-state index contributed by atoms with van der Waals surface area (Å²) >= 11 is 0. The van der Waals surface area contributed by atoms with Crippen molar-refractivity contribution in [3.63, 3.8) is 0 Å². The molecule has 0 bridgehead atoms. The molecule has 8 heteroatoms. The first-order valence-corrected chi connectivity index (χ1v) is 12.5. The number of benzene rings is 2. The molecule has 0 spiro atoms. The van der Waals surface area contributed by atoms with Crippen LogP contribution in [0.2, 0.25) is 0 Å². The van der Waals surface area contributed by atoms with Gasteiger partial charge in [0.2, 0.25) is 5.91 Å². The molecule has 1 aliphatic heterocycles. The van der Waals surface area contributed by atoms with Crippen molar-refractivity contribution in [1.29, 1.82) is 0 Å². The number of halogens is 1. The van der Waals surface area contributed by atoms with Gasteiger partial charge in [-0.3, -0.25) is 14.3 Å². The minimum Gasteiger partial charge on any atom is -0.381 e. The van der Waals surface area contributed by atoms with Crippen molar-refractivity contribution in [2.45, 2.75) is 59.2 Å². The molecule has 2 heterocycles. The molecule has 0 aliphatic carbocycles. The Hall–Kier alpha value is -3.26. The minimum atomic E-state index is -0.819. The van der Waals surface area contributed by atoms with Crippen LogP contribution in [-0.4, -0.2) is 40.9 Å². The van der Waals surface area contributed by atoms with Crippen molar-refractivity contribution in [1.82, 2.24) is 20.4 Å². The topological polar surface area (TPSA) is 85.3 Å². The number of hydrogen-bond acceptors (Lipinski definition) is 4. The van der Waals surface area contributed by atoms with Gasteiger partial charge >= 0.3 is 0 Å². The molecule has 7 nitrogen and oxygen atoms in total. The standard InChI is InChI=1S/C28H35FN4O3/c1-18(20-9-6-5-7-10-20)30-27(35)25(28(2,3)4)31-26(34)23-21-11-8-12-22(29)24(21)33(32-23)17-19-13-15-36-16-14-19/h5-12,18-19,25H,13-17H2,1-4H3,(H,30,35)(H,31,34)/t18-,25+/m0/s1. The van der Waals surface area contributed by atoms with Crippen molar-refractivity contribution < 1.29 is 18.7 Å². The van der Waals surface area contributed by atoms with Crippen molar-refractivity contribution in [2.75, 3.05) is 13.2 Å². The summed E-state index contributed by atoms with van der Waals surface area (Å²) in [6, 6.07) is 13.3. The van der Waals surface area contributed by atoms with Gasteiger partial charge in [-0.05, 0) is 42.7 Å². The number of para-hydroxylation sites is 1. The maximum atomic E-state index is 14.9. The van der Waals surface area contributed by atoms with Crippen LogP contribution in [-0.2, 0) is 16.1 Å². The number of amides is 2. The summed E-state index contributed by atoms with van der Waals surface area (Å²) in [6.45, 7) is 9.44.